The highest BCUT2D eigenvalue weighted by molar-refractivity contribution is 9.10. The van der Waals surface area contributed by atoms with Crippen LogP contribution in [0.25, 0.3) is 11.0 Å². The van der Waals surface area contributed by atoms with Gasteiger partial charge in [0.1, 0.15) is 5.58 Å². The Morgan fingerprint density at radius 2 is 2.29 bits per heavy atom. The molecular formula is C14H11BrO2. The Labute approximate surface area is 108 Å². The average Bonchev–Trinajstić information content (AvgIpc) is 2.75. The fourth-order valence-electron chi connectivity index (χ4n) is 1.59. The van der Waals surface area contributed by atoms with Gasteiger partial charge in [0.05, 0.1) is 4.47 Å². The highest BCUT2D eigenvalue weighted by atomic mass is 79.9. The number of fused-ring (bicyclic) bond motifs is 1. The summed E-state index contributed by atoms with van der Waals surface area (Å²) < 4.78 is 6.41. The van der Waals surface area contributed by atoms with E-state index in [0.29, 0.717) is 18.6 Å². The van der Waals surface area contributed by atoms with Crippen molar-refractivity contribution in [2.75, 3.05) is 0 Å². The summed E-state index contributed by atoms with van der Waals surface area (Å²) in [6.45, 7) is 1.77. The van der Waals surface area contributed by atoms with Crippen LogP contribution in [0.4, 0.5) is 0 Å². The van der Waals surface area contributed by atoms with E-state index < -0.39 is 0 Å². The molecule has 3 heteroatoms. The van der Waals surface area contributed by atoms with Gasteiger partial charge < -0.3 is 4.42 Å². The van der Waals surface area contributed by atoms with E-state index in [-0.39, 0.29) is 5.78 Å². The van der Waals surface area contributed by atoms with Crippen molar-refractivity contribution in [3.63, 3.8) is 0 Å². The molecule has 0 aliphatic rings. The van der Waals surface area contributed by atoms with Crippen molar-refractivity contribution in [1.29, 1.82) is 0 Å². The molecule has 86 valence electrons. The molecule has 0 aliphatic heterocycles. The number of furan rings is 1. The van der Waals surface area contributed by atoms with E-state index in [0.717, 1.165) is 15.4 Å². The molecule has 1 aromatic carbocycles. The largest absolute Gasteiger partial charge is 0.452 e. The molecule has 2 nitrogen and oxygen atoms in total. The third-order valence-electron chi connectivity index (χ3n) is 2.42. The molecule has 0 spiro atoms. The van der Waals surface area contributed by atoms with Gasteiger partial charge >= 0.3 is 0 Å². The molecule has 0 unspecified atom stereocenters. The zero-order valence-electron chi connectivity index (χ0n) is 9.42. The molecule has 1 heterocycles. The highest BCUT2D eigenvalue weighted by Crippen LogP contribution is 2.27. The second-order valence-corrected chi connectivity index (χ2v) is 4.47. The lowest BCUT2D eigenvalue weighted by Gasteiger charge is -1.92. The minimum atomic E-state index is -0.00384. The lowest BCUT2D eigenvalue weighted by Crippen LogP contribution is -1.95. The van der Waals surface area contributed by atoms with Crippen LogP contribution in [-0.4, -0.2) is 5.78 Å². The monoisotopic (exact) mass is 290 g/mol. The average molecular weight is 291 g/mol. The van der Waals surface area contributed by atoms with E-state index in [9.17, 15) is 4.79 Å². The SMILES string of the molecule is CC#CCCC(=O)c1cc2cccc(Br)c2o1. The summed E-state index contributed by atoms with van der Waals surface area (Å²) in [5.74, 6) is 6.05. The second kappa shape index (κ2) is 5.20. The first-order chi connectivity index (χ1) is 8.22. The van der Waals surface area contributed by atoms with Gasteiger partial charge in [0, 0.05) is 18.2 Å². The maximum Gasteiger partial charge on any atom is 0.198 e. The van der Waals surface area contributed by atoms with Crippen LogP contribution < -0.4 is 0 Å². The van der Waals surface area contributed by atoms with Crippen molar-refractivity contribution >= 4 is 32.7 Å². The van der Waals surface area contributed by atoms with Gasteiger partial charge in [-0.2, -0.15) is 0 Å². The van der Waals surface area contributed by atoms with Crippen LogP contribution in [0.15, 0.2) is 33.2 Å². The molecule has 17 heavy (non-hydrogen) atoms. The zero-order valence-corrected chi connectivity index (χ0v) is 11.0. The van der Waals surface area contributed by atoms with Crippen molar-refractivity contribution in [3.05, 3.63) is 34.5 Å². The third kappa shape index (κ3) is 2.59. The summed E-state index contributed by atoms with van der Waals surface area (Å²) in [7, 11) is 0. The third-order valence-corrected chi connectivity index (χ3v) is 3.05. The molecule has 0 bridgehead atoms. The van der Waals surface area contributed by atoms with Crippen molar-refractivity contribution < 1.29 is 9.21 Å². The van der Waals surface area contributed by atoms with Crippen molar-refractivity contribution in [1.82, 2.24) is 0 Å². The van der Waals surface area contributed by atoms with Gasteiger partial charge in [-0.1, -0.05) is 12.1 Å². The molecule has 0 aliphatic carbocycles. The smallest absolute Gasteiger partial charge is 0.198 e. The van der Waals surface area contributed by atoms with Gasteiger partial charge in [-0.25, -0.2) is 0 Å². The van der Waals surface area contributed by atoms with E-state index in [1.54, 1.807) is 13.0 Å². The number of carbonyl (C=O) groups excluding carboxylic acids is 1. The number of halogens is 1. The van der Waals surface area contributed by atoms with Gasteiger partial charge in [0.25, 0.3) is 0 Å². The minimum Gasteiger partial charge on any atom is -0.452 e. The minimum absolute atomic E-state index is 0.00384. The number of Topliss-reactive ketones (excluding diaryl/α,β-unsaturated/α-hetero) is 1. The second-order valence-electron chi connectivity index (χ2n) is 3.62. The summed E-state index contributed by atoms with van der Waals surface area (Å²) >= 11 is 3.40. The number of carbonyl (C=O) groups is 1. The van der Waals surface area contributed by atoms with Crippen LogP contribution in [0, 0.1) is 11.8 Å². The summed E-state index contributed by atoms with van der Waals surface area (Å²) in [6.07, 6.45) is 0.978. The first-order valence-electron chi connectivity index (χ1n) is 5.33. The molecule has 0 radical (unpaired) electrons. The fraction of sp³-hybridized carbons (Fsp3) is 0.214. The maximum atomic E-state index is 11.8. The van der Waals surface area contributed by atoms with Crippen LogP contribution >= 0.6 is 15.9 Å². The molecule has 1 aromatic heterocycles. The van der Waals surface area contributed by atoms with E-state index in [4.69, 9.17) is 4.42 Å². The van der Waals surface area contributed by atoms with Gasteiger partial charge in [0.2, 0.25) is 0 Å². The molecule has 0 atom stereocenters. The standard InChI is InChI=1S/C14H11BrO2/c1-2-3-4-8-12(16)13-9-10-6-5-7-11(15)14(10)17-13/h5-7,9H,4,8H2,1H3. The Balaban J connectivity index is 2.26. The normalized spacial score (nSPS) is 10.0. The molecule has 2 aromatic rings. The van der Waals surface area contributed by atoms with Crippen molar-refractivity contribution in [3.8, 4) is 11.8 Å². The molecule has 0 saturated heterocycles. The van der Waals surface area contributed by atoms with Crippen LogP contribution in [0.2, 0.25) is 0 Å². The maximum absolute atomic E-state index is 11.8. The van der Waals surface area contributed by atoms with Crippen molar-refractivity contribution in [2.45, 2.75) is 19.8 Å². The van der Waals surface area contributed by atoms with Crippen LogP contribution in [-0.2, 0) is 0 Å². The Morgan fingerprint density at radius 1 is 1.47 bits per heavy atom. The topological polar surface area (TPSA) is 30.2 Å². The zero-order chi connectivity index (χ0) is 12.3. The quantitative estimate of drug-likeness (QED) is 0.627. The number of rotatable bonds is 3. The summed E-state index contributed by atoms with van der Waals surface area (Å²) in [6, 6.07) is 7.51. The number of hydrogen-bond donors (Lipinski definition) is 0. The van der Waals surface area contributed by atoms with Gasteiger partial charge in [-0.3, -0.25) is 4.79 Å². The predicted octanol–water partition coefficient (Wildman–Crippen LogP) is 4.18. The summed E-state index contributed by atoms with van der Waals surface area (Å²) in [5, 5.41) is 0.935. The van der Waals surface area contributed by atoms with E-state index in [1.165, 1.54) is 0 Å². The van der Waals surface area contributed by atoms with E-state index in [2.05, 4.69) is 27.8 Å². The Kier molecular flexibility index (Phi) is 3.65. The van der Waals surface area contributed by atoms with Gasteiger partial charge in [-0.15, -0.1) is 11.8 Å². The van der Waals surface area contributed by atoms with Gasteiger partial charge in [0.15, 0.2) is 11.5 Å². The summed E-state index contributed by atoms with van der Waals surface area (Å²) in [4.78, 5) is 11.8. The molecule has 0 saturated carbocycles. The highest BCUT2D eigenvalue weighted by Gasteiger charge is 2.12. The first-order valence-corrected chi connectivity index (χ1v) is 6.12. The number of benzene rings is 1. The van der Waals surface area contributed by atoms with Crippen molar-refractivity contribution in [2.24, 2.45) is 0 Å². The molecule has 0 fully saturated rings. The Morgan fingerprint density at radius 3 is 3.00 bits per heavy atom. The Hall–Kier alpha value is -1.53. The van der Waals surface area contributed by atoms with E-state index in [1.807, 2.05) is 18.2 Å². The molecular weight excluding hydrogens is 280 g/mol. The van der Waals surface area contributed by atoms with Gasteiger partial charge in [-0.05, 0) is 35.0 Å². The molecule has 0 N–H and O–H groups in total. The Bertz CT molecular complexity index is 614. The summed E-state index contributed by atoms with van der Waals surface area (Å²) in [5.41, 5.74) is 0.720. The molecule has 0 amide bonds. The number of hydrogen-bond acceptors (Lipinski definition) is 2. The van der Waals surface area contributed by atoms with Crippen LogP contribution in [0.3, 0.4) is 0 Å². The lowest BCUT2D eigenvalue weighted by atomic mass is 10.1. The molecule has 2 rings (SSSR count). The number of para-hydroxylation sites is 1. The van der Waals surface area contributed by atoms with E-state index >= 15 is 0 Å². The van der Waals surface area contributed by atoms with Crippen LogP contribution in [0.5, 0.6) is 0 Å². The fourth-order valence-corrected chi connectivity index (χ4v) is 2.05. The van der Waals surface area contributed by atoms with Crippen LogP contribution in [0.1, 0.15) is 30.3 Å². The number of ketones is 1. The predicted molar refractivity (Wildman–Crippen MR) is 70.9 cm³/mol. The first kappa shape index (κ1) is 11.9. The lowest BCUT2D eigenvalue weighted by molar-refractivity contribution is 0.0959.